The van der Waals surface area contributed by atoms with E-state index in [0.717, 1.165) is 11.8 Å². The lowest BCUT2D eigenvalue weighted by molar-refractivity contribution is 0.206. The summed E-state index contributed by atoms with van der Waals surface area (Å²) in [6.45, 7) is 2.40. The predicted molar refractivity (Wildman–Crippen MR) is 83.9 cm³/mol. The van der Waals surface area contributed by atoms with Crippen molar-refractivity contribution < 1.29 is 0 Å². The Morgan fingerprint density at radius 3 is 2.75 bits per heavy atom. The van der Waals surface area contributed by atoms with Crippen LogP contribution in [0.4, 0.5) is 0 Å². The van der Waals surface area contributed by atoms with E-state index < -0.39 is 0 Å². The highest BCUT2D eigenvalue weighted by molar-refractivity contribution is 5.27. The van der Waals surface area contributed by atoms with Crippen LogP contribution in [0.3, 0.4) is 0 Å². The first-order valence-corrected chi connectivity index (χ1v) is 8.40. The Morgan fingerprint density at radius 2 is 2.00 bits per heavy atom. The van der Waals surface area contributed by atoms with Gasteiger partial charge in [0, 0.05) is 23.9 Å². The van der Waals surface area contributed by atoms with Gasteiger partial charge in [-0.1, -0.05) is 25.8 Å². The van der Waals surface area contributed by atoms with Crippen molar-refractivity contribution in [1.82, 2.24) is 10.3 Å². The van der Waals surface area contributed by atoms with E-state index in [9.17, 15) is 0 Å². The average molecular weight is 272 g/mol. The van der Waals surface area contributed by atoms with Gasteiger partial charge in [0.1, 0.15) is 0 Å². The van der Waals surface area contributed by atoms with Crippen LogP contribution in [0.15, 0.2) is 18.3 Å². The fourth-order valence-electron chi connectivity index (χ4n) is 4.41. The molecule has 0 aromatic carbocycles. The van der Waals surface area contributed by atoms with Gasteiger partial charge in [-0.15, -0.1) is 0 Å². The maximum absolute atomic E-state index is 4.74. The topological polar surface area (TPSA) is 24.9 Å². The summed E-state index contributed by atoms with van der Waals surface area (Å²) in [7, 11) is 2.15. The summed E-state index contributed by atoms with van der Waals surface area (Å²) >= 11 is 0. The second-order valence-electron chi connectivity index (χ2n) is 6.88. The number of rotatable bonds is 3. The van der Waals surface area contributed by atoms with Crippen LogP contribution in [0, 0.1) is 11.8 Å². The van der Waals surface area contributed by atoms with Crippen molar-refractivity contribution in [1.29, 1.82) is 0 Å². The molecule has 2 aliphatic carbocycles. The molecule has 0 spiro atoms. The highest BCUT2D eigenvalue weighted by Gasteiger charge is 2.34. The Hall–Kier alpha value is -0.890. The molecule has 0 bridgehead atoms. The fraction of sp³-hybridized carbons (Fsp3) is 0.722. The molecular weight excluding hydrogens is 244 g/mol. The summed E-state index contributed by atoms with van der Waals surface area (Å²) in [6, 6.07) is 5.00. The molecule has 1 fully saturated rings. The van der Waals surface area contributed by atoms with Gasteiger partial charge in [0.05, 0.1) is 0 Å². The smallest absolute Gasteiger partial charge is 0.0482 e. The van der Waals surface area contributed by atoms with E-state index in [-0.39, 0.29) is 0 Å². The number of fused-ring (bicyclic) bond motifs is 1. The van der Waals surface area contributed by atoms with E-state index in [0.29, 0.717) is 12.0 Å². The Labute approximate surface area is 123 Å². The molecule has 2 heteroatoms. The van der Waals surface area contributed by atoms with Gasteiger partial charge in [-0.05, 0) is 62.6 Å². The van der Waals surface area contributed by atoms with Gasteiger partial charge in [0.2, 0.25) is 0 Å². The van der Waals surface area contributed by atoms with Crippen molar-refractivity contribution in [2.75, 3.05) is 7.05 Å². The van der Waals surface area contributed by atoms with Gasteiger partial charge < -0.3 is 5.32 Å². The minimum absolute atomic E-state index is 0.622. The summed E-state index contributed by atoms with van der Waals surface area (Å²) in [5.41, 5.74) is 2.88. The summed E-state index contributed by atoms with van der Waals surface area (Å²) in [5.74, 6) is 2.40. The van der Waals surface area contributed by atoms with Crippen molar-refractivity contribution in [3.63, 3.8) is 0 Å². The third-order valence-electron chi connectivity index (χ3n) is 5.57. The number of aromatic nitrogens is 1. The first kappa shape index (κ1) is 14.1. The second kappa shape index (κ2) is 6.26. The number of nitrogens with one attached hydrogen (secondary N) is 1. The molecule has 1 heterocycles. The highest BCUT2D eigenvalue weighted by atomic mass is 14.9. The second-order valence-corrected chi connectivity index (χ2v) is 6.88. The zero-order valence-corrected chi connectivity index (χ0v) is 12.9. The van der Waals surface area contributed by atoms with Gasteiger partial charge in [-0.25, -0.2) is 0 Å². The SMILES string of the molecule is CNC(C1CCC(C)CC1)C1CCCc2cccnc21. The van der Waals surface area contributed by atoms with Gasteiger partial charge in [-0.3, -0.25) is 4.98 Å². The third-order valence-corrected chi connectivity index (χ3v) is 5.57. The van der Waals surface area contributed by atoms with E-state index in [1.807, 2.05) is 6.20 Å². The Balaban J connectivity index is 1.80. The molecule has 2 unspecified atom stereocenters. The minimum atomic E-state index is 0.622. The van der Waals surface area contributed by atoms with Crippen LogP contribution >= 0.6 is 0 Å². The number of likely N-dealkylation sites (N-methyl/N-ethyl adjacent to an activating group) is 1. The Bertz CT molecular complexity index is 435. The highest BCUT2D eigenvalue weighted by Crippen LogP contribution is 2.39. The number of aryl methyl sites for hydroxylation is 1. The molecule has 1 N–H and O–H groups in total. The average Bonchev–Trinajstić information content (AvgIpc) is 2.50. The number of hydrogen-bond donors (Lipinski definition) is 1. The molecule has 2 nitrogen and oxygen atoms in total. The molecule has 0 radical (unpaired) electrons. The van der Waals surface area contributed by atoms with Gasteiger partial charge in [0.25, 0.3) is 0 Å². The molecule has 20 heavy (non-hydrogen) atoms. The molecule has 3 rings (SSSR count). The summed E-state index contributed by atoms with van der Waals surface area (Å²) in [4.78, 5) is 4.74. The molecule has 0 amide bonds. The zero-order valence-electron chi connectivity index (χ0n) is 12.9. The lowest BCUT2D eigenvalue weighted by atomic mass is 9.71. The lowest BCUT2D eigenvalue weighted by Gasteiger charge is -2.39. The van der Waals surface area contributed by atoms with Crippen LogP contribution in [0.5, 0.6) is 0 Å². The van der Waals surface area contributed by atoms with Gasteiger partial charge in [0.15, 0.2) is 0 Å². The quantitative estimate of drug-likeness (QED) is 0.902. The van der Waals surface area contributed by atoms with Crippen LogP contribution in [-0.2, 0) is 6.42 Å². The molecule has 1 aromatic heterocycles. The molecular formula is C18H28N2. The molecule has 2 atom stereocenters. The lowest BCUT2D eigenvalue weighted by Crippen LogP contribution is -2.42. The van der Waals surface area contributed by atoms with Crippen LogP contribution in [0.1, 0.15) is 62.6 Å². The molecule has 1 aromatic rings. The normalized spacial score (nSPS) is 31.6. The Kier molecular flexibility index (Phi) is 4.40. The van der Waals surface area contributed by atoms with E-state index in [4.69, 9.17) is 4.98 Å². The summed E-state index contributed by atoms with van der Waals surface area (Å²) in [6.07, 6.45) is 11.4. The van der Waals surface area contributed by atoms with Crippen molar-refractivity contribution in [2.24, 2.45) is 11.8 Å². The van der Waals surface area contributed by atoms with E-state index >= 15 is 0 Å². The zero-order chi connectivity index (χ0) is 13.9. The van der Waals surface area contributed by atoms with E-state index in [1.165, 1.54) is 56.2 Å². The standard InChI is InChI=1S/C18H28N2/c1-13-8-10-15(11-9-13)17(19-2)16-7-3-5-14-6-4-12-20-18(14)16/h4,6,12-13,15-17,19H,3,5,7-11H2,1-2H3. The molecule has 0 aliphatic heterocycles. The van der Waals surface area contributed by atoms with Crippen molar-refractivity contribution in [3.8, 4) is 0 Å². The minimum Gasteiger partial charge on any atom is -0.316 e. The van der Waals surface area contributed by atoms with Crippen LogP contribution in [0.25, 0.3) is 0 Å². The fourth-order valence-corrected chi connectivity index (χ4v) is 4.41. The molecule has 1 saturated carbocycles. The summed E-state index contributed by atoms with van der Waals surface area (Å²) < 4.78 is 0. The number of hydrogen-bond acceptors (Lipinski definition) is 2. The molecule has 110 valence electrons. The van der Waals surface area contributed by atoms with Crippen molar-refractivity contribution in [3.05, 3.63) is 29.6 Å². The van der Waals surface area contributed by atoms with Crippen molar-refractivity contribution >= 4 is 0 Å². The number of pyridine rings is 1. The maximum Gasteiger partial charge on any atom is 0.0482 e. The predicted octanol–water partition coefficient (Wildman–Crippen LogP) is 3.92. The first-order chi connectivity index (χ1) is 9.79. The van der Waals surface area contributed by atoms with Crippen molar-refractivity contribution in [2.45, 2.75) is 63.8 Å². The first-order valence-electron chi connectivity index (χ1n) is 8.40. The van der Waals surface area contributed by atoms with Crippen LogP contribution in [-0.4, -0.2) is 18.1 Å². The number of nitrogens with zero attached hydrogens (tertiary/aromatic N) is 1. The summed E-state index contributed by atoms with van der Waals surface area (Å²) in [5, 5.41) is 3.66. The van der Waals surface area contributed by atoms with E-state index in [1.54, 1.807) is 0 Å². The van der Waals surface area contributed by atoms with Gasteiger partial charge >= 0.3 is 0 Å². The van der Waals surface area contributed by atoms with Crippen LogP contribution in [0.2, 0.25) is 0 Å². The maximum atomic E-state index is 4.74. The third kappa shape index (κ3) is 2.76. The van der Waals surface area contributed by atoms with E-state index in [2.05, 4.69) is 31.4 Å². The van der Waals surface area contributed by atoms with Gasteiger partial charge in [-0.2, -0.15) is 0 Å². The largest absolute Gasteiger partial charge is 0.316 e. The van der Waals surface area contributed by atoms with Crippen LogP contribution < -0.4 is 5.32 Å². The monoisotopic (exact) mass is 272 g/mol. The molecule has 0 saturated heterocycles. The Morgan fingerprint density at radius 1 is 1.20 bits per heavy atom. The molecule has 2 aliphatic rings.